The molecule has 0 amide bonds. The van der Waals surface area contributed by atoms with Crippen LogP contribution in [-0.2, 0) is 6.42 Å². The van der Waals surface area contributed by atoms with Crippen molar-refractivity contribution in [2.45, 2.75) is 39.7 Å². The zero-order valence-corrected chi connectivity index (χ0v) is 14.9. The summed E-state index contributed by atoms with van der Waals surface area (Å²) in [5.74, 6) is -0.206. The van der Waals surface area contributed by atoms with Gasteiger partial charge in [-0.2, -0.15) is 0 Å². The molecular weight excluding hydrogens is 351 g/mol. The predicted octanol–water partition coefficient (Wildman–Crippen LogP) is 4.94. The lowest BCUT2D eigenvalue weighted by atomic mass is 10.0. The Morgan fingerprint density at radius 3 is 2.76 bits per heavy atom. The van der Waals surface area contributed by atoms with Crippen LogP contribution in [0.25, 0.3) is 0 Å². The fourth-order valence-corrected chi connectivity index (χ4v) is 3.70. The van der Waals surface area contributed by atoms with E-state index in [0.717, 1.165) is 40.1 Å². The summed E-state index contributed by atoms with van der Waals surface area (Å²) in [5, 5.41) is 4.59. The smallest absolute Gasteiger partial charge is 0.123 e. The molecule has 1 heterocycles. The second kappa shape index (κ2) is 7.47. The summed E-state index contributed by atoms with van der Waals surface area (Å²) in [6, 6.07) is 4.91. The molecule has 21 heavy (non-hydrogen) atoms. The first-order valence-electron chi connectivity index (χ1n) is 7.12. The summed E-state index contributed by atoms with van der Waals surface area (Å²) in [7, 11) is 0. The van der Waals surface area contributed by atoms with Gasteiger partial charge in [0.05, 0.1) is 10.7 Å². The van der Waals surface area contributed by atoms with Crippen molar-refractivity contribution >= 4 is 27.3 Å². The van der Waals surface area contributed by atoms with E-state index in [1.54, 1.807) is 23.5 Å². The molecule has 0 fully saturated rings. The van der Waals surface area contributed by atoms with Gasteiger partial charge in [0.2, 0.25) is 0 Å². The van der Waals surface area contributed by atoms with Crippen LogP contribution >= 0.6 is 27.3 Å². The first kappa shape index (κ1) is 16.6. The average molecular weight is 371 g/mol. The number of halogens is 2. The van der Waals surface area contributed by atoms with E-state index in [9.17, 15) is 4.39 Å². The van der Waals surface area contributed by atoms with Gasteiger partial charge in [-0.1, -0.05) is 22.9 Å². The first-order valence-corrected chi connectivity index (χ1v) is 8.73. The lowest BCUT2D eigenvalue weighted by molar-refractivity contribution is 0.521. The maximum Gasteiger partial charge on any atom is 0.123 e. The average Bonchev–Trinajstić information content (AvgIpc) is 2.76. The van der Waals surface area contributed by atoms with E-state index >= 15 is 0 Å². The molecule has 0 aliphatic rings. The number of aromatic nitrogens is 1. The molecule has 0 spiro atoms. The molecule has 1 unspecified atom stereocenters. The Morgan fingerprint density at radius 2 is 2.14 bits per heavy atom. The van der Waals surface area contributed by atoms with Crippen LogP contribution in [0.15, 0.2) is 22.7 Å². The minimum Gasteiger partial charge on any atom is -0.310 e. The molecule has 1 aromatic heterocycles. The zero-order valence-electron chi connectivity index (χ0n) is 12.5. The minimum atomic E-state index is -0.206. The van der Waals surface area contributed by atoms with E-state index in [4.69, 9.17) is 0 Å². The van der Waals surface area contributed by atoms with Crippen molar-refractivity contribution < 1.29 is 4.39 Å². The molecule has 0 saturated heterocycles. The largest absolute Gasteiger partial charge is 0.310 e. The third-order valence-electron chi connectivity index (χ3n) is 3.43. The van der Waals surface area contributed by atoms with E-state index < -0.39 is 0 Å². The number of aryl methyl sites for hydroxylation is 2. The third kappa shape index (κ3) is 4.34. The van der Waals surface area contributed by atoms with E-state index in [0.29, 0.717) is 0 Å². The molecule has 0 aliphatic carbocycles. The maximum atomic E-state index is 13.6. The lowest BCUT2D eigenvalue weighted by Crippen LogP contribution is -2.24. The van der Waals surface area contributed by atoms with Gasteiger partial charge in [0.1, 0.15) is 5.82 Å². The summed E-state index contributed by atoms with van der Waals surface area (Å²) in [6.45, 7) is 7.14. The van der Waals surface area contributed by atoms with E-state index in [1.807, 2.05) is 6.92 Å². The summed E-state index contributed by atoms with van der Waals surface area (Å²) >= 11 is 5.25. The molecule has 1 aromatic carbocycles. The van der Waals surface area contributed by atoms with Gasteiger partial charge in [0.25, 0.3) is 0 Å². The molecule has 1 N–H and O–H groups in total. The molecule has 0 aliphatic heterocycles. The van der Waals surface area contributed by atoms with Crippen LogP contribution in [0.3, 0.4) is 0 Å². The number of thiazole rings is 1. The summed E-state index contributed by atoms with van der Waals surface area (Å²) in [4.78, 5) is 5.85. The predicted molar refractivity (Wildman–Crippen MR) is 90.4 cm³/mol. The number of rotatable bonds is 6. The Morgan fingerprint density at radius 1 is 1.38 bits per heavy atom. The molecule has 2 aromatic rings. The van der Waals surface area contributed by atoms with E-state index in [-0.39, 0.29) is 11.9 Å². The molecule has 2 rings (SSSR count). The Balaban J connectivity index is 2.27. The SMILES string of the molecule is CCCNC(Cc1nc(C)c(C)s1)c1cc(F)ccc1Br. The molecule has 0 saturated carbocycles. The Kier molecular flexibility index (Phi) is 5.90. The number of benzene rings is 1. The molecule has 2 nitrogen and oxygen atoms in total. The second-order valence-electron chi connectivity index (χ2n) is 5.13. The minimum absolute atomic E-state index is 0.0694. The van der Waals surface area contributed by atoms with Gasteiger partial charge in [0, 0.05) is 21.8 Å². The summed E-state index contributed by atoms with van der Waals surface area (Å²) in [5.41, 5.74) is 2.04. The molecular formula is C16H20BrFN2S. The normalized spacial score (nSPS) is 12.6. The third-order valence-corrected chi connectivity index (χ3v) is 5.24. The van der Waals surface area contributed by atoms with Gasteiger partial charge < -0.3 is 5.32 Å². The van der Waals surface area contributed by atoms with Gasteiger partial charge in [-0.15, -0.1) is 11.3 Å². The fourth-order valence-electron chi connectivity index (χ4n) is 2.19. The van der Waals surface area contributed by atoms with Crippen LogP contribution < -0.4 is 5.32 Å². The number of hydrogen-bond acceptors (Lipinski definition) is 3. The van der Waals surface area contributed by atoms with Gasteiger partial charge >= 0.3 is 0 Å². The second-order valence-corrected chi connectivity index (χ2v) is 7.27. The molecule has 5 heteroatoms. The van der Waals surface area contributed by atoms with Crippen molar-refractivity contribution in [3.63, 3.8) is 0 Å². The quantitative estimate of drug-likeness (QED) is 0.778. The highest BCUT2D eigenvalue weighted by Gasteiger charge is 2.17. The standard InChI is InChI=1S/C16H20BrFN2S/c1-4-7-19-15(9-16-20-10(2)11(3)21-16)13-8-12(18)5-6-14(13)17/h5-6,8,15,19H,4,7,9H2,1-3H3. The van der Waals surface area contributed by atoms with Crippen molar-refractivity contribution in [2.24, 2.45) is 0 Å². The highest BCUT2D eigenvalue weighted by atomic mass is 79.9. The topological polar surface area (TPSA) is 24.9 Å². The van der Waals surface area contributed by atoms with Crippen molar-refractivity contribution in [1.82, 2.24) is 10.3 Å². The van der Waals surface area contributed by atoms with E-state index in [1.165, 1.54) is 10.9 Å². The van der Waals surface area contributed by atoms with Crippen LogP contribution in [0.4, 0.5) is 4.39 Å². The molecule has 0 radical (unpaired) electrons. The Labute approximate surface area is 137 Å². The summed E-state index contributed by atoms with van der Waals surface area (Å²) < 4.78 is 14.5. The highest BCUT2D eigenvalue weighted by Crippen LogP contribution is 2.29. The van der Waals surface area contributed by atoms with Crippen LogP contribution in [0.5, 0.6) is 0 Å². The first-order chi connectivity index (χ1) is 10.0. The number of nitrogens with one attached hydrogen (secondary N) is 1. The van der Waals surface area contributed by atoms with Gasteiger partial charge in [-0.25, -0.2) is 9.37 Å². The van der Waals surface area contributed by atoms with E-state index in [2.05, 4.69) is 40.1 Å². The molecule has 114 valence electrons. The van der Waals surface area contributed by atoms with Gasteiger partial charge in [-0.3, -0.25) is 0 Å². The fraction of sp³-hybridized carbons (Fsp3) is 0.438. The van der Waals surface area contributed by atoms with Crippen molar-refractivity contribution in [3.8, 4) is 0 Å². The van der Waals surface area contributed by atoms with Crippen LogP contribution in [0.1, 0.15) is 40.5 Å². The van der Waals surface area contributed by atoms with Crippen LogP contribution in [-0.4, -0.2) is 11.5 Å². The van der Waals surface area contributed by atoms with Gasteiger partial charge in [-0.05, 0) is 50.6 Å². The van der Waals surface area contributed by atoms with Crippen molar-refractivity contribution in [1.29, 1.82) is 0 Å². The van der Waals surface area contributed by atoms with Gasteiger partial charge in [0.15, 0.2) is 0 Å². The Hall–Kier alpha value is -0.780. The van der Waals surface area contributed by atoms with Crippen LogP contribution in [0, 0.1) is 19.7 Å². The maximum absolute atomic E-state index is 13.6. The monoisotopic (exact) mass is 370 g/mol. The van der Waals surface area contributed by atoms with Crippen LogP contribution in [0.2, 0.25) is 0 Å². The van der Waals surface area contributed by atoms with Crippen molar-refractivity contribution in [3.05, 3.63) is 49.6 Å². The number of nitrogens with zero attached hydrogens (tertiary/aromatic N) is 1. The summed E-state index contributed by atoms with van der Waals surface area (Å²) in [6.07, 6.45) is 1.82. The number of hydrogen-bond donors (Lipinski definition) is 1. The lowest BCUT2D eigenvalue weighted by Gasteiger charge is -2.19. The highest BCUT2D eigenvalue weighted by molar-refractivity contribution is 9.10. The molecule has 1 atom stereocenters. The molecule has 0 bridgehead atoms. The van der Waals surface area contributed by atoms with Crippen molar-refractivity contribution in [2.75, 3.05) is 6.54 Å². The zero-order chi connectivity index (χ0) is 15.4. The Bertz CT molecular complexity index is 593.